The Morgan fingerprint density at radius 2 is 1.74 bits per heavy atom. The van der Waals surface area contributed by atoms with E-state index in [4.69, 9.17) is 11.6 Å². The van der Waals surface area contributed by atoms with E-state index in [2.05, 4.69) is 0 Å². The molecule has 4 rings (SSSR count). The maximum absolute atomic E-state index is 13.2. The Bertz CT molecular complexity index is 959. The molecular weight excluding hydrogens is 358 g/mol. The van der Waals surface area contributed by atoms with Gasteiger partial charge in [-0.25, -0.2) is 0 Å². The van der Waals surface area contributed by atoms with Gasteiger partial charge in [0.05, 0.1) is 5.69 Å². The van der Waals surface area contributed by atoms with E-state index in [1.807, 2.05) is 56.3 Å². The molecule has 27 heavy (non-hydrogen) atoms. The molecule has 1 atom stereocenters. The van der Waals surface area contributed by atoms with Crippen LogP contribution in [0.5, 0.6) is 0 Å². The standard InChI is InChI=1S/C23H22ClNO2/c1-14-5-3-6-19(15(14)2)25-20-7-4-8-21(26)23(20)18(13-22(25)27)16-9-11-17(24)12-10-16/h3,5-6,9-12,18H,4,7-8,13H2,1-2H3. The molecule has 0 radical (unpaired) electrons. The highest BCUT2D eigenvalue weighted by Gasteiger charge is 2.40. The number of carbonyl (C=O) groups excluding carboxylic acids is 2. The van der Waals surface area contributed by atoms with Gasteiger partial charge in [-0.1, -0.05) is 35.9 Å². The fraction of sp³-hybridized carbons (Fsp3) is 0.304. The van der Waals surface area contributed by atoms with Crippen LogP contribution < -0.4 is 4.90 Å². The second kappa shape index (κ2) is 6.97. The molecule has 1 heterocycles. The zero-order chi connectivity index (χ0) is 19.1. The third-order valence-electron chi connectivity index (χ3n) is 5.76. The summed E-state index contributed by atoms with van der Waals surface area (Å²) < 4.78 is 0. The number of benzene rings is 2. The van der Waals surface area contributed by atoms with Crippen molar-refractivity contribution in [2.75, 3.05) is 4.90 Å². The lowest BCUT2D eigenvalue weighted by Crippen LogP contribution is -2.41. The maximum atomic E-state index is 13.2. The monoisotopic (exact) mass is 379 g/mol. The number of nitrogens with zero attached hydrogens (tertiary/aromatic N) is 1. The van der Waals surface area contributed by atoms with Gasteiger partial charge in [-0.05, 0) is 61.6 Å². The Balaban J connectivity index is 1.88. The number of carbonyl (C=O) groups is 2. The summed E-state index contributed by atoms with van der Waals surface area (Å²) in [6, 6.07) is 13.5. The van der Waals surface area contributed by atoms with E-state index in [9.17, 15) is 9.59 Å². The predicted molar refractivity (Wildman–Crippen MR) is 108 cm³/mol. The first-order valence-electron chi connectivity index (χ1n) is 9.38. The van der Waals surface area contributed by atoms with Crippen LogP contribution in [-0.2, 0) is 9.59 Å². The highest BCUT2D eigenvalue weighted by Crippen LogP contribution is 2.44. The van der Waals surface area contributed by atoms with Gasteiger partial charge in [-0.2, -0.15) is 0 Å². The van der Waals surface area contributed by atoms with Gasteiger partial charge in [0, 0.05) is 35.1 Å². The number of halogens is 1. The first-order chi connectivity index (χ1) is 13.0. The number of hydrogen-bond acceptors (Lipinski definition) is 2. The smallest absolute Gasteiger partial charge is 0.232 e. The number of ketones is 1. The zero-order valence-corrected chi connectivity index (χ0v) is 16.3. The second-order valence-electron chi connectivity index (χ2n) is 7.39. The number of Topliss-reactive ketones (excluding diaryl/α,β-unsaturated/α-hetero) is 1. The molecule has 2 aliphatic rings. The number of hydrogen-bond donors (Lipinski definition) is 0. The van der Waals surface area contributed by atoms with Gasteiger partial charge in [0.25, 0.3) is 0 Å². The SMILES string of the molecule is Cc1cccc(N2C(=O)CC(c3ccc(Cl)cc3)C3=C2CCCC3=O)c1C. The number of anilines is 1. The molecule has 138 valence electrons. The third kappa shape index (κ3) is 3.10. The van der Waals surface area contributed by atoms with Crippen LogP contribution in [0, 0.1) is 13.8 Å². The van der Waals surface area contributed by atoms with Gasteiger partial charge in [0.2, 0.25) is 5.91 Å². The molecule has 0 spiro atoms. The van der Waals surface area contributed by atoms with Gasteiger partial charge < -0.3 is 0 Å². The summed E-state index contributed by atoms with van der Waals surface area (Å²) in [6.07, 6.45) is 2.40. The molecule has 1 aliphatic heterocycles. The minimum atomic E-state index is -0.182. The zero-order valence-electron chi connectivity index (χ0n) is 15.6. The molecule has 0 aromatic heterocycles. The Kier molecular flexibility index (Phi) is 4.65. The highest BCUT2D eigenvalue weighted by atomic mass is 35.5. The Morgan fingerprint density at radius 3 is 2.48 bits per heavy atom. The summed E-state index contributed by atoms with van der Waals surface area (Å²) in [5.41, 5.74) is 5.80. The molecule has 1 aliphatic carbocycles. The van der Waals surface area contributed by atoms with Gasteiger partial charge in [-0.15, -0.1) is 0 Å². The van der Waals surface area contributed by atoms with E-state index in [1.54, 1.807) is 4.90 Å². The van der Waals surface area contributed by atoms with Crippen molar-refractivity contribution in [3.8, 4) is 0 Å². The van der Waals surface area contributed by atoms with Crippen LogP contribution in [-0.4, -0.2) is 11.7 Å². The summed E-state index contributed by atoms with van der Waals surface area (Å²) >= 11 is 6.03. The Morgan fingerprint density at radius 1 is 1.00 bits per heavy atom. The lowest BCUT2D eigenvalue weighted by molar-refractivity contribution is -0.119. The van der Waals surface area contributed by atoms with Crippen LogP contribution in [0.2, 0.25) is 5.02 Å². The molecule has 0 saturated heterocycles. The van der Waals surface area contributed by atoms with Gasteiger partial charge >= 0.3 is 0 Å². The van der Waals surface area contributed by atoms with Crippen molar-refractivity contribution in [2.24, 2.45) is 0 Å². The number of aryl methyl sites for hydroxylation is 1. The van der Waals surface area contributed by atoms with E-state index >= 15 is 0 Å². The fourth-order valence-corrected chi connectivity index (χ4v) is 4.36. The summed E-state index contributed by atoms with van der Waals surface area (Å²) in [6.45, 7) is 4.08. The minimum Gasteiger partial charge on any atom is -0.294 e. The summed E-state index contributed by atoms with van der Waals surface area (Å²) in [7, 11) is 0. The van der Waals surface area contributed by atoms with E-state index in [0.717, 1.165) is 46.5 Å². The van der Waals surface area contributed by atoms with Crippen molar-refractivity contribution in [3.63, 3.8) is 0 Å². The van der Waals surface area contributed by atoms with Crippen molar-refractivity contribution < 1.29 is 9.59 Å². The molecule has 1 unspecified atom stereocenters. The first-order valence-corrected chi connectivity index (χ1v) is 9.76. The molecule has 0 N–H and O–H groups in total. The highest BCUT2D eigenvalue weighted by molar-refractivity contribution is 6.30. The fourth-order valence-electron chi connectivity index (χ4n) is 4.23. The van der Waals surface area contributed by atoms with Crippen LogP contribution in [0.3, 0.4) is 0 Å². The topological polar surface area (TPSA) is 37.4 Å². The van der Waals surface area contributed by atoms with Crippen LogP contribution in [0.15, 0.2) is 53.7 Å². The molecule has 4 heteroatoms. The molecule has 2 aromatic carbocycles. The van der Waals surface area contributed by atoms with Crippen molar-refractivity contribution in [3.05, 3.63) is 75.4 Å². The van der Waals surface area contributed by atoms with Crippen molar-refractivity contribution in [2.45, 2.75) is 45.4 Å². The van der Waals surface area contributed by atoms with E-state index in [-0.39, 0.29) is 17.6 Å². The van der Waals surface area contributed by atoms with Gasteiger partial charge in [-0.3, -0.25) is 14.5 Å². The van der Waals surface area contributed by atoms with Gasteiger partial charge in [0.1, 0.15) is 0 Å². The maximum Gasteiger partial charge on any atom is 0.232 e. The number of allylic oxidation sites excluding steroid dienone is 2. The summed E-state index contributed by atoms with van der Waals surface area (Å²) in [5.74, 6) is 0.0371. The Hall–Kier alpha value is -2.39. The van der Waals surface area contributed by atoms with E-state index in [0.29, 0.717) is 17.9 Å². The average molecular weight is 380 g/mol. The quantitative estimate of drug-likeness (QED) is 0.692. The van der Waals surface area contributed by atoms with Crippen LogP contribution in [0.4, 0.5) is 5.69 Å². The lowest BCUT2D eigenvalue weighted by atomic mass is 9.77. The van der Waals surface area contributed by atoms with E-state index < -0.39 is 0 Å². The Labute approximate surface area is 164 Å². The number of amides is 1. The molecule has 0 saturated carbocycles. The molecule has 2 aromatic rings. The van der Waals surface area contributed by atoms with Crippen LogP contribution in [0.25, 0.3) is 0 Å². The molecular formula is C23H22ClNO2. The number of rotatable bonds is 2. The van der Waals surface area contributed by atoms with Crippen LogP contribution >= 0.6 is 11.6 Å². The van der Waals surface area contributed by atoms with Crippen molar-refractivity contribution in [1.82, 2.24) is 0 Å². The lowest BCUT2D eigenvalue weighted by Gasteiger charge is -2.39. The molecule has 3 nitrogen and oxygen atoms in total. The minimum absolute atomic E-state index is 0.0529. The van der Waals surface area contributed by atoms with Crippen molar-refractivity contribution >= 4 is 29.0 Å². The summed E-state index contributed by atoms with van der Waals surface area (Å²) in [5, 5.41) is 0.655. The summed E-state index contributed by atoms with van der Waals surface area (Å²) in [4.78, 5) is 27.9. The first kappa shape index (κ1) is 18.0. The molecule has 0 fully saturated rings. The average Bonchev–Trinajstić information content (AvgIpc) is 2.65. The predicted octanol–water partition coefficient (Wildman–Crippen LogP) is 5.48. The van der Waals surface area contributed by atoms with Gasteiger partial charge in [0.15, 0.2) is 5.78 Å². The largest absolute Gasteiger partial charge is 0.294 e. The van der Waals surface area contributed by atoms with Crippen LogP contribution in [0.1, 0.15) is 48.3 Å². The molecule has 0 bridgehead atoms. The van der Waals surface area contributed by atoms with E-state index in [1.165, 1.54) is 0 Å². The molecule has 1 amide bonds. The second-order valence-corrected chi connectivity index (χ2v) is 7.83. The normalized spacial score (nSPS) is 20.1. The third-order valence-corrected chi connectivity index (χ3v) is 6.02. The van der Waals surface area contributed by atoms with Crippen molar-refractivity contribution in [1.29, 1.82) is 0 Å².